The second kappa shape index (κ2) is 8.42. The summed E-state index contributed by atoms with van der Waals surface area (Å²) in [6.45, 7) is 3.95. The lowest BCUT2D eigenvalue weighted by Gasteiger charge is -2.32. The fraction of sp³-hybridized carbons (Fsp3) is 0.300. The van der Waals surface area contributed by atoms with Crippen molar-refractivity contribution in [2.75, 3.05) is 11.9 Å². The molecule has 8 heteroatoms. The van der Waals surface area contributed by atoms with Crippen LogP contribution >= 0.6 is 0 Å². The summed E-state index contributed by atoms with van der Waals surface area (Å²) in [7, 11) is -4.00. The Hall–Kier alpha value is -2.89. The molecule has 0 bridgehead atoms. The Morgan fingerprint density at radius 3 is 2.25 bits per heavy atom. The maximum absolute atomic E-state index is 12.8. The quantitative estimate of drug-likeness (QED) is 0.773. The van der Waals surface area contributed by atoms with Crippen molar-refractivity contribution >= 4 is 21.7 Å². The minimum atomic E-state index is -4.00. The number of amides is 2. The van der Waals surface area contributed by atoms with E-state index in [0.29, 0.717) is 21.1 Å². The first kappa shape index (κ1) is 21.4. The van der Waals surface area contributed by atoms with Crippen LogP contribution in [-0.2, 0) is 15.6 Å². The third kappa shape index (κ3) is 4.88. The number of benzene rings is 2. The van der Waals surface area contributed by atoms with Crippen LogP contribution in [0.2, 0.25) is 0 Å². The van der Waals surface area contributed by atoms with E-state index in [1.807, 2.05) is 6.07 Å². The number of hydrogen-bond acceptors (Lipinski definition) is 5. The van der Waals surface area contributed by atoms with Crippen LogP contribution in [0.25, 0.3) is 0 Å². The highest BCUT2D eigenvalue weighted by Gasteiger charge is 2.37. The van der Waals surface area contributed by atoms with Gasteiger partial charge in [0.25, 0.3) is 0 Å². The SMILES string of the molecule is CC(C)S(=O)(=O)N(CC(C)(O)c1ccccc1)C(=O)Nc1ccc(C#N)cc1. The Balaban J connectivity index is 2.34. The monoisotopic (exact) mass is 401 g/mol. The fourth-order valence-corrected chi connectivity index (χ4v) is 3.73. The van der Waals surface area contributed by atoms with Gasteiger partial charge in [-0.1, -0.05) is 30.3 Å². The van der Waals surface area contributed by atoms with E-state index >= 15 is 0 Å². The molecule has 0 spiro atoms. The average molecular weight is 401 g/mol. The molecular formula is C20H23N3O4S. The van der Waals surface area contributed by atoms with Crippen molar-refractivity contribution in [3.05, 3.63) is 65.7 Å². The lowest BCUT2D eigenvalue weighted by Crippen LogP contribution is -2.49. The molecule has 0 aliphatic heterocycles. The summed E-state index contributed by atoms with van der Waals surface area (Å²) in [5.41, 5.74) is -0.334. The first-order chi connectivity index (χ1) is 13.1. The van der Waals surface area contributed by atoms with Crippen molar-refractivity contribution in [1.82, 2.24) is 4.31 Å². The number of urea groups is 1. The van der Waals surface area contributed by atoms with Crippen LogP contribution in [0.3, 0.4) is 0 Å². The molecule has 0 fully saturated rings. The van der Waals surface area contributed by atoms with Gasteiger partial charge < -0.3 is 10.4 Å². The third-order valence-electron chi connectivity index (χ3n) is 4.24. The van der Waals surface area contributed by atoms with Gasteiger partial charge in [-0.3, -0.25) is 0 Å². The predicted molar refractivity (Wildman–Crippen MR) is 107 cm³/mol. The summed E-state index contributed by atoms with van der Waals surface area (Å²) < 4.78 is 26.2. The van der Waals surface area contributed by atoms with E-state index in [1.54, 1.807) is 30.3 Å². The van der Waals surface area contributed by atoms with E-state index in [1.165, 1.54) is 45.0 Å². The molecule has 2 N–H and O–H groups in total. The highest BCUT2D eigenvalue weighted by atomic mass is 32.2. The molecule has 0 saturated heterocycles. The first-order valence-electron chi connectivity index (χ1n) is 8.68. The molecule has 0 aliphatic carbocycles. The van der Waals surface area contributed by atoms with Gasteiger partial charge in [-0.2, -0.15) is 5.26 Å². The molecule has 0 heterocycles. The number of nitriles is 1. The van der Waals surface area contributed by atoms with Crippen LogP contribution in [0.15, 0.2) is 54.6 Å². The number of nitrogens with one attached hydrogen (secondary N) is 1. The Kier molecular flexibility index (Phi) is 6.44. The number of carbonyl (C=O) groups is 1. The molecule has 7 nitrogen and oxygen atoms in total. The smallest absolute Gasteiger partial charge is 0.335 e. The number of aliphatic hydroxyl groups is 1. The van der Waals surface area contributed by atoms with Gasteiger partial charge in [-0.15, -0.1) is 0 Å². The fourth-order valence-electron chi connectivity index (χ4n) is 2.51. The third-order valence-corrected chi connectivity index (χ3v) is 6.34. The van der Waals surface area contributed by atoms with E-state index in [2.05, 4.69) is 5.32 Å². The predicted octanol–water partition coefficient (Wildman–Crippen LogP) is 3.04. The first-order valence-corrected chi connectivity index (χ1v) is 10.2. The van der Waals surface area contributed by atoms with Crippen molar-refractivity contribution in [1.29, 1.82) is 5.26 Å². The van der Waals surface area contributed by atoms with Gasteiger partial charge in [0.05, 0.1) is 23.4 Å². The Labute approximate surface area is 165 Å². The van der Waals surface area contributed by atoms with Crippen LogP contribution in [0.4, 0.5) is 10.5 Å². The van der Waals surface area contributed by atoms with E-state index < -0.39 is 33.5 Å². The zero-order chi connectivity index (χ0) is 20.9. The van der Waals surface area contributed by atoms with Gasteiger partial charge in [0, 0.05) is 5.69 Å². The molecule has 0 radical (unpaired) electrons. The van der Waals surface area contributed by atoms with Crippen LogP contribution in [0, 0.1) is 11.3 Å². The molecule has 0 aromatic heterocycles. The molecule has 2 rings (SSSR count). The van der Waals surface area contributed by atoms with Gasteiger partial charge in [-0.25, -0.2) is 17.5 Å². The Bertz CT molecular complexity index is 963. The summed E-state index contributed by atoms with van der Waals surface area (Å²) in [5.74, 6) is 0. The van der Waals surface area contributed by atoms with Gasteiger partial charge in [0.1, 0.15) is 5.60 Å². The number of rotatable bonds is 6. The minimum absolute atomic E-state index is 0.340. The van der Waals surface area contributed by atoms with E-state index in [4.69, 9.17) is 5.26 Å². The molecule has 148 valence electrons. The maximum Gasteiger partial charge on any atom is 0.335 e. The van der Waals surface area contributed by atoms with Crippen LogP contribution < -0.4 is 5.32 Å². The van der Waals surface area contributed by atoms with Crippen LogP contribution in [0.5, 0.6) is 0 Å². The second-order valence-corrected chi connectivity index (χ2v) is 9.27. The zero-order valence-electron chi connectivity index (χ0n) is 16.0. The number of hydrogen-bond donors (Lipinski definition) is 2. The average Bonchev–Trinajstić information content (AvgIpc) is 2.67. The van der Waals surface area contributed by atoms with Crippen molar-refractivity contribution < 1.29 is 18.3 Å². The summed E-state index contributed by atoms with van der Waals surface area (Å²) in [6, 6.07) is 15.7. The van der Waals surface area contributed by atoms with Crippen LogP contribution in [-0.4, -0.2) is 35.7 Å². The Morgan fingerprint density at radius 1 is 1.18 bits per heavy atom. The van der Waals surface area contributed by atoms with Crippen molar-refractivity contribution in [3.63, 3.8) is 0 Å². The van der Waals surface area contributed by atoms with Crippen molar-refractivity contribution in [2.45, 2.75) is 31.6 Å². The minimum Gasteiger partial charge on any atom is -0.384 e. The second-order valence-electron chi connectivity index (χ2n) is 6.86. The summed E-state index contributed by atoms with van der Waals surface area (Å²) in [5, 5.41) is 21.4. The number of sulfonamides is 1. The zero-order valence-corrected chi connectivity index (χ0v) is 16.8. The number of nitrogens with zero attached hydrogens (tertiary/aromatic N) is 2. The highest BCUT2D eigenvalue weighted by molar-refractivity contribution is 7.90. The summed E-state index contributed by atoms with van der Waals surface area (Å²) in [4.78, 5) is 12.8. The van der Waals surface area contributed by atoms with Gasteiger partial charge in [0.2, 0.25) is 10.0 Å². The normalized spacial score (nSPS) is 13.4. The lowest BCUT2D eigenvalue weighted by molar-refractivity contribution is 0.0438. The largest absolute Gasteiger partial charge is 0.384 e. The van der Waals surface area contributed by atoms with Gasteiger partial charge in [0.15, 0.2) is 0 Å². The molecule has 1 atom stereocenters. The van der Waals surface area contributed by atoms with Crippen molar-refractivity contribution in [3.8, 4) is 6.07 Å². The molecule has 0 aliphatic rings. The molecule has 2 amide bonds. The van der Waals surface area contributed by atoms with E-state index in [9.17, 15) is 18.3 Å². The number of anilines is 1. The molecule has 28 heavy (non-hydrogen) atoms. The standard InChI is InChI=1S/C20H23N3O4S/c1-15(2)28(26,27)23(14-20(3,25)17-7-5-4-6-8-17)19(24)22-18-11-9-16(13-21)10-12-18/h4-12,15,25H,14H2,1-3H3,(H,22,24). The maximum atomic E-state index is 12.8. The van der Waals surface area contributed by atoms with Gasteiger partial charge in [-0.05, 0) is 50.6 Å². The molecule has 2 aromatic carbocycles. The molecule has 0 saturated carbocycles. The topological polar surface area (TPSA) is 110 Å². The van der Waals surface area contributed by atoms with Crippen molar-refractivity contribution in [2.24, 2.45) is 0 Å². The lowest BCUT2D eigenvalue weighted by atomic mass is 9.96. The summed E-state index contributed by atoms with van der Waals surface area (Å²) >= 11 is 0. The summed E-state index contributed by atoms with van der Waals surface area (Å²) in [6.07, 6.45) is 0. The van der Waals surface area contributed by atoms with Gasteiger partial charge >= 0.3 is 6.03 Å². The number of carbonyl (C=O) groups excluding carboxylic acids is 1. The molecular weight excluding hydrogens is 378 g/mol. The highest BCUT2D eigenvalue weighted by Crippen LogP contribution is 2.25. The Morgan fingerprint density at radius 2 is 1.75 bits per heavy atom. The van der Waals surface area contributed by atoms with E-state index in [-0.39, 0.29) is 0 Å². The van der Waals surface area contributed by atoms with E-state index in [0.717, 1.165) is 0 Å². The van der Waals surface area contributed by atoms with Crippen LogP contribution in [0.1, 0.15) is 31.9 Å². The molecule has 2 aromatic rings. The molecule has 1 unspecified atom stereocenters.